The van der Waals surface area contributed by atoms with Gasteiger partial charge in [0.2, 0.25) is 5.89 Å². The number of carbonyl (C=O) groups is 1. The molecular formula is C21H14BrClN2O3. The maximum Gasteiger partial charge on any atom is 0.255 e. The normalized spacial score (nSPS) is 10.8. The van der Waals surface area contributed by atoms with Crippen LogP contribution in [0.15, 0.2) is 69.6 Å². The van der Waals surface area contributed by atoms with Crippen molar-refractivity contribution in [3.8, 4) is 17.2 Å². The number of benzene rings is 3. The third kappa shape index (κ3) is 3.74. The number of anilines is 1. The van der Waals surface area contributed by atoms with Crippen molar-refractivity contribution in [1.82, 2.24) is 4.98 Å². The fourth-order valence-electron chi connectivity index (χ4n) is 2.73. The van der Waals surface area contributed by atoms with Crippen molar-refractivity contribution in [3.63, 3.8) is 0 Å². The van der Waals surface area contributed by atoms with E-state index in [1.54, 1.807) is 49.6 Å². The molecule has 0 aliphatic carbocycles. The maximum atomic E-state index is 12.4. The van der Waals surface area contributed by atoms with Crippen LogP contribution in [0.1, 0.15) is 10.4 Å². The van der Waals surface area contributed by atoms with Crippen molar-refractivity contribution in [2.24, 2.45) is 0 Å². The van der Waals surface area contributed by atoms with Gasteiger partial charge in [-0.3, -0.25) is 4.79 Å². The Morgan fingerprint density at radius 2 is 1.89 bits per heavy atom. The number of methoxy groups -OCH3 is 1. The molecule has 0 atom stereocenters. The third-order valence-corrected chi connectivity index (χ3v) is 5.02. The summed E-state index contributed by atoms with van der Waals surface area (Å²) in [6.45, 7) is 0. The summed E-state index contributed by atoms with van der Waals surface area (Å²) in [4.78, 5) is 16.9. The monoisotopic (exact) mass is 456 g/mol. The van der Waals surface area contributed by atoms with Gasteiger partial charge in [-0.1, -0.05) is 11.6 Å². The number of ether oxygens (including phenoxy) is 1. The molecule has 0 aliphatic rings. The molecule has 28 heavy (non-hydrogen) atoms. The summed E-state index contributed by atoms with van der Waals surface area (Å²) >= 11 is 9.32. The zero-order valence-corrected chi connectivity index (χ0v) is 17.0. The summed E-state index contributed by atoms with van der Waals surface area (Å²) in [6.07, 6.45) is 0. The summed E-state index contributed by atoms with van der Waals surface area (Å²) in [5.74, 6) is 0.991. The van der Waals surface area contributed by atoms with Gasteiger partial charge >= 0.3 is 0 Å². The van der Waals surface area contributed by atoms with Gasteiger partial charge in [0.1, 0.15) is 11.3 Å². The molecule has 140 valence electrons. The largest absolute Gasteiger partial charge is 0.496 e. The van der Waals surface area contributed by atoms with Crippen molar-refractivity contribution in [2.75, 3.05) is 12.4 Å². The first kappa shape index (κ1) is 18.5. The van der Waals surface area contributed by atoms with Gasteiger partial charge < -0.3 is 14.5 Å². The van der Waals surface area contributed by atoms with E-state index in [4.69, 9.17) is 20.8 Å². The van der Waals surface area contributed by atoms with Crippen molar-refractivity contribution < 1.29 is 13.9 Å². The first-order valence-corrected chi connectivity index (χ1v) is 9.52. The molecule has 4 aromatic rings. The number of aromatic nitrogens is 1. The topological polar surface area (TPSA) is 64.4 Å². The highest BCUT2D eigenvalue weighted by atomic mass is 79.9. The SMILES string of the molecule is COc1ccc(-c2nc3cc(NC(=O)c4ccc(Cl)cc4)ccc3o2)cc1Br. The molecule has 0 aliphatic heterocycles. The van der Waals surface area contributed by atoms with Crippen molar-refractivity contribution in [2.45, 2.75) is 0 Å². The Hall–Kier alpha value is -2.83. The molecule has 0 bridgehead atoms. The van der Waals surface area contributed by atoms with Crippen molar-refractivity contribution in [1.29, 1.82) is 0 Å². The second-order valence-corrected chi connectivity index (χ2v) is 7.30. The maximum absolute atomic E-state index is 12.4. The minimum atomic E-state index is -0.223. The minimum absolute atomic E-state index is 0.223. The molecule has 0 saturated heterocycles. The average Bonchev–Trinajstić information content (AvgIpc) is 3.12. The van der Waals surface area contributed by atoms with E-state index in [0.29, 0.717) is 33.3 Å². The fraction of sp³-hybridized carbons (Fsp3) is 0.0476. The molecule has 0 spiro atoms. The number of hydrogen-bond donors (Lipinski definition) is 1. The van der Waals surface area contributed by atoms with E-state index in [0.717, 1.165) is 15.8 Å². The molecule has 1 heterocycles. The van der Waals surface area contributed by atoms with Gasteiger partial charge in [0.15, 0.2) is 5.58 Å². The van der Waals surface area contributed by atoms with Crippen LogP contribution in [0.2, 0.25) is 5.02 Å². The lowest BCUT2D eigenvalue weighted by atomic mass is 10.2. The molecule has 1 N–H and O–H groups in total. The predicted octanol–water partition coefficient (Wildman–Crippen LogP) is 6.17. The zero-order valence-electron chi connectivity index (χ0n) is 14.7. The van der Waals surface area contributed by atoms with E-state index in [9.17, 15) is 4.79 Å². The minimum Gasteiger partial charge on any atom is -0.496 e. The number of oxazole rings is 1. The lowest BCUT2D eigenvalue weighted by Gasteiger charge is -2.05. The number of carbonyl (C=O) groups excluding carboxylic acids is 1. The van der Waals surface area contributed by atoms with E-state index < -0.39 is 0 Å². The highest BCUT2D eigenvalue weighted by molar-refractivity contribution is 9.10. The first-order valence-electron chi connectivity index (χ1n) is 8.35. The summed E-state index contributed by atoms with van der Waals surface area (Å²) < 4.78 is 11.9. The standard InChI is InChI=1S/C21H14BrClN2O3/c1-27-18-8-4-13(10-16(18)22)21-25-17-11-15(7-9-19(17)28-21)24-20(26)12-2-5-14(23)6-3-12/h2-11H,1H3,(H,24,26). The molecule has 0 saturated carbocycles. The number of hydrogen-bond acceptors (Lipinski definition) is 4. The molecule has 0 radical (unpaired) electrons. The average molecular weight is 458 g/mol. The molecular weight excluding hydrogens is 444 g/mol. The molecule has 1 amide bonds. The van der Waals surface area contributed by atoms with E-state index in [1.165, 1.54) is 0 Å². The fourth-order valence-corrected chi connectivity index (χ4v) is 3.40. The Morgan fingerprint density at radius 3 is 2.61 bits per heavy atom. The summed E-state index contributed by atoms with van der Waals surface area (Å²) in [5.41, 5.74) is 3.24. The van der Waals surface area contributed by atoms with Crippen LogP contribution in [0.3, 0.4) is 0 Å². The van der Waals surface area contributed by atoms with Crippen LogP contribution >= 0.6 is 27.5 Å². The second-order valence-electron chi connectivity index (χ2n) is 6.01. The number of fused-ring (bicyclic) bond motifs is 1. The van der Waals surface area contributed by atoms with Gasteiger partial charge in [0, 0.05) is 21.8 Å². The van der Waals surface area contributed by atoms with Crippen LogP contribution in [0.5, 0.6) is 5.75 Å². The van der Waals surface area contributed by atoms with E-state index >= 15 is 0 Å². The molecule has 1 aromatic heterocycles. The Kier molecular flexibility index (Phi) is 5.07. The van der Waals surface area contributed by atoms with Crippen LogP contribution in [0.25, 0.3) is 22.6 Å². The van der Waals surface area contributed by atoms with Crippen LogP contribution in [0, 0.1) is 0 Å². The van der Waals surface area contributed by atoms with E-state index in [-0.39, 0.29) is 5.91 Å². The third-order valence-electron chi connectivity index (χ3n) is 4.15. The van der Waals surface area contributed by atoms with Gasteiger partial charge in [0.05, 0.1) is 11.6 Å². The molecule has 3 aromatic carbocycles. The number of nitrogens with zero attached hydrogens (tertiary/aromatic N) is 1. The van der Waals surface area contributed by atoms with E-state index in [2.05, 4.69) is 26.2 Å². The van der Waals surface area contributed by atoms with Gasteiger partial charge in [-0.05, 0) is 76.6 Å². The molecule has 4 rings (SSSR count). The van der Waals surface area contributed by atoms with Crippen molar-refractivity contribution >= 4 is 50.2 Å². The Labute approximate surface area is 174 Å². The molecule has 0 fully saturated rings. The smallest absolute Gasteiger partial charge is 0.255 e. The number of nitrogens with one attached hydrogen (secondary N) is 1. The predicted molar refractivity (Wildman–Crippen MR) is 113 cm³/mol. The summed E-state index contributed by atoms with van der Waals surface area (Å²) in [5, 5.41) is 3.44. The Morgan fingerprint density at radius 1 is 1.11 bits per heavy atom. The van der Waals surface area contributed by atoms with Gasteiger partial charge in [-0.25, -0.2) is 4.98 Å². The number of amides is 1. The van der Waals surface area contributed by atoms with Crippen LogP contribution < -0.4 is 10.1 Å². The Bertz CT molecular complexity index is 1170. The molecule has 0 unspecified atom stereocenters. The van der Waals surface area contributed by atoms with Crippen LogP contribution in [-0.4, -0.2) is 18.0 Å². The highest BCUT2D eigenvalue weighted by Crippen LogP contribution is 2.32. The highest BCUT2D eigenvalue weighted by Gasteiger charge is 2.12. The summed E-state index contributed by atoms with van der Waals surface area (Å²) in [7, 11) is 1.61. The van der Waals surface area contributed by atoms with Gasteiger partial charge in [-0.15, -0.1) is 0 Å². The van der Waals surface area contributed by atoms with Gasteiger partial charge in [-0.2, -0.15) is 0 Å². The molecule has 5 nitrogen and oxygen atoms in total. The lowest BCUT2D eigenvalue weighted by Crippen LogP contribution is -2.11. The van der Waals surface area contributed by atoms with Gasteiger partial charge in [0.25, 0.3) is 5.91 Å². The Balaban J connectivity index is 1.60. The number of halogens is 2. The lowest BCUT2D eigenvalue weighted by molar-refractivity contribution is 0.102. The quantitative estimate of drug-likeness (QED) is 0.398. The first-order chi connectivity index (χ1) is 13.5. The number of rotatable bonds is 4. The second kappa shape index (κ2) is 7.66. The van der Waals surface area contributed by atoms with Crippen LogP contribution in [-0.2, 0) is 0 Å². The molecule has 7 heteroatoms. The van der Waals surface area contributed by atoms with E-state index in [1.807, 2.05) is 18.2 Å². The summed E-state index contributed by atoms with van der Waals surface area (Å²) in [6, 6.07) is 17.6. The van der Waals surface area contributed by atoms with Crippen molar-refractivity contribution in [3.05, 3.63) is 75.7 Å². The van der Waals surface area contributed by atoms with Crippen LogP contribution in [0.4, 0.5) is 5.69 Å². The zero-order chi connectivity index (χ0) is 19.7.